The van der Waals surface area contributed by atoms with E-state index in [9.17, 15) is 14.0 Å². The zero-order valence-electron chi connectivity index (χ0n) is 12.4. The normalized spacial score (nSPS) is 10.7. The lowest BCUT2D eigenvalue weighted by Gasteiger charge is -2.11. The Labute approximate surface area is 131 Å². The van der Waals surface area contributed by atoms with Gasteiger partial charge in [0.25, 0.3) is 5.56 Å². The molecular weight excluding hydrogens is 297 g/mol. The number of nitrogens with zero attached hydrogens (tertiary/aromatic N) is 2. The van der Waals surface area contributed by atoms with E-state index >= 15 is 0 Å². The van der Waals surface area contributed by atoms with Crippen LogP contribution in [0.3, 0.4) is 0 Å². The first-order valence-electron chi connectivity index (χ1n) is 7.06. The number of hydrogen-bond acceptors (Lipinski definition) is 3. The van der Waals surface area contributed by atoms with Crippen LogP contribution in [0.4, 0.5) is 10.1 Å². The van der Waals surface area contributed by atoms with Crippen LogP contribution < -0.4 is 10.9 Å². The van der Waals surface area contributed by atoms with Gasteiger partial charge >= 0.3 is 0 Å². The van der Waals surface area contributed by atoms with Crippen molar-refractivity contribution in [1.82, 2.24) is 9.55 Å². The highest BCUT2D eigenvalue weighted by atomic mass is 19.1. The van der Waals surface area contributed by atoms with E-state index in [0.717, 1.165) is 0 Å². The molecule has 0 saturated heterocycles. The molecule has 1 aromatic heterocycles. The summed E-state index contributed by atoms with van der Waals surface area (Å²) in [5.74, 6) is -0.746. The van der Waals surface area contributed by atoms with Crippen LogP contribution in [-0.2, 0) is 11.3 Å². The van der Waals surface area contributed by atoms with E-state index in [1.165, 1.54) is 28.8 Å². The molecule has 0 radical (unpaired) electrons. The Morgan fingerprint density at radius 3 is 2.61 bits per heavy atom. The number of aromatic nitrogens is 2. The minimum Gasteiger partial charge on any atom is -0.325 e. The molecule has 3 aromatic rings. The summed E-state index contributed by atoms with van der Waals surface area (Å²) in [5, 5.41) is 2.64. The summed E-state index contributed by atoms with van der Waals surface area (Å²) < 4.78 is 14.3. The smallest absolute Gasteiger partial charge is 0.272 e. The summed E-state index contributed by atoms with van der Waals surface area (Å²) in [6.07, 6.45) is 0. The third-order valence-electron chi connectivity index (χ3n) is 3.45. The second-order valence-corrected chi connectivity index (χ2v) is 5.13. The fourth-order valence-electron chi connectivity index (χ4n) is 2.35. The number of anilines is 1. The zero-order chi connectivity index (χ0) is 16.4. The first kappa shape index (κ1) is 14.9. The number of carbonyl (C=O) groups excluding carboxylic acids is 1. The molecule has 1 heterocycles. The topological polar surface area (TPSA) is 64.0 Å². The first-order valence-corrected chi connectivity index (χ1v) is 7.06. The predicted octanol–water partition coefficient (Wildman–Crippen LogP) is 2.48. The van der Waals surface area contributed by atoms with Gasteiger partial charge < -0.3 is 5.32 Å². The molecule has 0 fully saturated rings. The fraction of sp³-hybridized carbons (Fsp3) is 0.118. The molecule has 5 nitrogen and oxygen atoms in total. The maximum atomic E-state index is 12.9. The minimum absolute atomic E-state index is 0.139. The SMILES string of the molecule is Cc1nc2ccccc2n(CC(=O)Nc2ccc(F)cc2)c1=O. The maximum Gasteiger partial charge on any atom is 0.272 e. The zero-order valence-corrected chi connectivity index (χ0v) is 12.4. The van der Waals surface area contributed by atoms with Crippen molar-refractivity contribution in [1.29, 1.82) is 0 Å². The van der Waals surface area contributed by atoms with Gasteiger partial charge in [-0.1, -0.05) is 12.1 Å². The van der Waals surface area contributed by atoms with Gasteiger partial charge in [0.2, 0.25) is 5.91 Å². The quantitative estimate of drug-likeness (QED) is 0.808. The fourth-order valence-corrected chi connectivity index (χ4v) is 2.35. The van der Waals surface area contributed by atoms with E-state index in [4.69, 9.17) is 0 Å². The first-order chi connectivity index (χ1) is 11.0. The lowest BCUT2D eigenvalue weighted by molar-refractivity contribution is -0.116. The molecule has 6 heteroatoms. The van der Waals surface area contributed by atoms with Gasteiger partial charge in [0.15, 0.2) is 0 Å². The van der Waals surface area contributed by atoms with Crippen molar-refractivity contribution in [3.63, 3.8) is 0 Å². The Balaban J connectivity index is 1.91. The lowest BCUT2D eigenvalue weighted by Crippen LogP contribution is -2.30. The number of fused-ring (bicyclic) bond motifs is 1. The van der Waals surface area contributed by atoms with Gasteiger partial charge in [0, 0.05) is 5.69 Å². The molecule has 0 aliphatic carbocycles. The molecule has 23 heavy (non-hydrogen) atoms. The standard InChI is InChI=1S/C17H14FN3O2/c1-11-17(23)21(15-5-3-2-4-14(15)19-11)10-16(22)20-13-8-6-12(18)7-9-13/h2-9H,10H2,1H3,(H,20,22). The summed E-state index contributed by atoms with van der Waals surface area (Å²) in [6.45, 7) is 1.48. The molecule has 0 unspecified atom stereocenters. The Bertz CT molecular complexity index is 933. The minimum atomic E-state index is -0.380. The summed E-state index contributed by atoms with van der Waals surface area (Å²) in [6, 6.07) is 12.6. The number of carbonyl (C=O) groups is 1. The molecule has 0 spiro atoms. The van der Waals surface area contributed by atoms with E-state index in [-0.39, 0.29) is 23.8 Å². The molecule has 1 amide bonds. The molecule has 0 aliphatic rings. The summed E-state index contributed by atoms with van der Waals surface area (Å²) in [4.78, 5) is 28.7. The van der Waals surface area contributed by atoms with Gasteiger partial charge in [0.1, 0.15) is 18.1 Å². The van der Waals surface area contributed by atoms with Gasteiger partial charge in [0.05, 0.1) is 11.0 Å². The van der Waals surface area contributed by atoms with Gasteiger partial charge in [-0.05, 0) is 43.3 Å². The van der Waals surface area contributed by atoms with E-state index in [2.05, 4.69) is 10.3 Å². The summed E-state index contributed by atoms with van der Waals surface area (Å²) >= 11 is 0. The number of benzene rings is 2. The van der Waals surface area contributed by atoms with E-state index in [1.807, 2.05) is 6.07 Å². The third kappa shape index (κ3) is 3.11. The van der Waals surface area contributed by atoms with Crippen LogP contribution in [0.25, 0.3) is 11.0 Å². The molecule has 2 aromatic carbocycles. The Morgan fingerprint density at radius 1 is 1.17 bits per heavy atom. The summed E-state index contributed by atoms with van der Waals surface area (Å²) in [7, 11) is 0. The van der Waals surface area contributed by atoms with Crippen molar-refractivity contribution in [2.24, 2.45) is 0 Å². The molecule has 0 aliphatic heterocycles. The predicted molar refractivity (Wildman–Crippen MR) is 85.8 cm³/mol. The Kier molecular flexibility index (Phi) is 3.89. The highest BCUT2D eigenvalue weighted by molar-refractivity contribution is 5.91. The molecular formula is C17H14FN3O2. The van der Waals surface area contributed by atoms with Gasteiger partial charge in [-0.3, -0.25) is 14.2 Å². The van der Waals surface area contributed by atoms with Crippen molar-refractivity contribution >= 4 is 22.6 Å². The van der Waals surface area contributed by atoms with Crippen molar-refractivity contribution in [3.05, 3.63) is 70.4 Å². The van der Waals surface area contributed by atoms with Crippen LogP contribution in [0, 0.1) is 12.7 Å². The monoisotopic (exact) mass is 311 g/mol. The Morgan fingerprint density at radius 2 is 1.87 bits per heavy atom. The largest absolute Gasteiger partial charge is 0.325 e. The van der Waals surface area contributed by atoms with Crippen LogP contribution in [0.2, 0.25) is 0 Å². The number of halogens is 1. The molecule has 1 N–H and O–H groups in total. The van der Waals surface area contributed by atoms with Crippen LogP contribution in [0.5, 0.6) is 0 Å². The van der Waals surface area contributed by atoms with E-state index in [1.54, 1.807) is 25.1 Å². The molecule has 0 saturated carbocycles. The molecule has 0 bridgehead atoms. The number of nitrogens with one attached hydrogen (secondary N) is 1. The van der Waals surface area contributed by atoms with E-state index in [0.29, 0.717) is 22.4 Å². The lowest BCUT2D eigenvalue weighted by atomic mass is 10.2. The van der Waals surface area contributed by atoms with Gasteiger partial charge in [-0.15, -0.1) is 0 Å². The maximum absolute atomic E-state index is 12.9. The second kappa shape index (κ2) is 6.00. The van der Waals surface area contributed by atoms with Crippen molar-refractivity contribution in [2.45, 2.75) is 13.5 Å². The van der Waals surface area contributed by atoms with Crippen molar-refractivity contribution in [2.75, 3.05) is 5.32 Å². The van der Waals surface area contributed by atoms with Crippen LogP contribution in [0.15, 0.2) is 53.3 Å². The van der Waals surface area contributed by atoms with Gasteiger partial charge in [-0.25, -0.2) is 9.37 Å². The molecule has 116 valence electrons. The van der Waals surface area contributed by atoms with E-state index < -0.39 is 0 Å². The third-order valence-corrected chi connectivity index (χ3v) is 3.45. The van der Waals surface area contributed by atoms with Crippen LogP contribution >= 0.6 is 0 Å². The average molecular weight is 311 g/mol. The Hall–Kier alpha value is -3.02. The van der Waals surface area contributed by atoms with Crippen LogP contribution in [-0.4, -0.2) is 15.5 Å². The second-order valence-electron chi connectivity index (χ2n) is 5.13. The highest BCUT2D eigenvalue weighted by Crippen LogP contribution is 2.11. The van der Waals surface area contributed by atoms with Crippen molar-refractivity contribution < 1.29 is 9.18 Å². The number of aryl methyl sites for hydroxylation is 1. The number of amides is 1. The van der Waals surface area contributed by atoms with Gasteiger partial charge in [-0.2, -0.15) is 0 Å². The number of hydrogen-bond donors (Lipinski definition) is 1. The van der Waals surface area contributed by atoms with Crippen LogP contribution in [0.1, 0.15) is 5.69 Å². The molecule has 3 rings (SSSR count). The molecule has 0 atom stereocenters. The summed E-state index contributed by atoms with van der Waals surface area (Å²) in [5.41, 5.74) is 1.74. The number of para-hydroxylation sites is 2. The number of rotatable bonds is 3. The highest BCUT2D eigenvalue weighted by Gasteiger charge is 2.11. The average Bonchev–Trinajstić information content (AvgIpc) is 2.54. The van der Waals surface area contributed by atoms with Crippen molar-refractivity contribution in [3.8, 4) is 0 Å².